The van der Waals surface area contributed by atoms with Gasteiger partial charge in [-0.1, -0.05) is 84.5 Å². The number of carbonyl (C=O) groups excluding carboxylic acids is 2. The fourth-order valence-corrected chi connectivity index (χ4v) is 4.10. The lowest BCUT2D eigenvalue weighted by atomic mass is 10.0. The van der Waals surface area contributed by atoms with E-state index in [1.165, 1.54) is 0 Å². The van der Waals surface area contributed by atoms with Crippen LogP contribution in [0.3, 0.4) is 0 Å². The van der Waals surface area contributed by atoms with Crippen LogP contribution in [-0.2, 0) is 22.6 Å². The quantitative estimate of drug-likeness (QED) is 0.261. The Morgan fingerprint density at radius 2 is 1.64 bits per heavy atom. The summed E-state index contributed by atoms with van der Waals surface area (Å²) in [6.07, 6.45) is 2.15. The number of hydrogen-bond donors (Lipinski definition) is 1. The fraction of sp³-hybridized carbons (Fsp3) is 0.286. The predicted molar refractivity (Wildman–Crippen MR) is 146 cm³/mol. The highest BCUT2D eigenvalue weighted by Gasteiger charge is 2.30. The van der Waals surface area contributed by atoms with Crippen molar-refractivity contribution >= 4 is 46.6 Å². The lowest BCUT2D eigenvalue weighted by Crippen LogP contribution is -2.51. The first-order chi connectivity index (χ1) is 17.4. The Hall–Kier alpha value is -2.73. The second kappa shape index (κ2) is 14.1. The van der Waals surface area contributed by atoms with Crippen LogP contribution >= 0.6 is 34.8 Å². The number of ether oxygens (including phenoxy) is 1. The maximum absolute atomic E-state index is 13.5. The number of amides is 2. The Bertz CT molecular complexity index is 1140. The highest BCUT2D eigenvalue weighted by Crippen LogP contribution is 2.24. The van der Waals surface area contributed by atoms with Gasteiger partial charge in [0.2, 0.25) is 5.91 Å². The number of nitrogens with one attached hydrogen (secondary N) is 1. The summed E-state index contributed by atoms with van der Waals surface area (Å²) in [6.45, 7) is 2.52. The highest BCUT2D eigenvalue weighted by atomic mass is 35.5. The molecule has 3 rings (SSSR count). The van der Waals surface area contributed by atoms with Gasteiger partial charge in [-0.3, -0.25) is 9.59 Å². The molecule has 0 bridgehead atoms. The van der Waals surface area contributed by atoms with Gasteiger partial charge < -0.3 is 15.0 Å². The number of unbranched alkanes of at least 4 members (excludes halogenated alkanes) is 1. The van der Waals surface area contributed by atoms with Crippen molar-refractivity contribution in [3.63, 3.8) is 0 Å². The molecule has 3 aromatic carbocycles. The smallest absolute Gasteiger partial charge is 0.261 e. The van der Waals surface area contributed by atoms with Gasteiger partial charge >= 0.3 is 0 Å². The molecular formula is C28H29Cl3N2O3. The summed E-state index contributed by atoms with van der Waals surface area (Å²) in [5.74, 6) is -0.0379. The van der Waals surface area contributed by atoms with E-state index in [1.807, 2.05) is 30.3 Å². The molecule has 1 atom stereocenters. The minimum atomic E-state index is -0.750. The summed E-state index contributed by atoms with van der Waals surface area (Å²) in [4.78, 5) is 28.5. The van der Waals surface area contributed by atoms with Crippen LogP contribution in [-0.4, -0.2) is 35.9 Å². The van der Waals surface area contributed by atoms with Crippen molar-refractivity contribution in [3.8, 4) is 5.75 Å². The number of halogens is 3. The van der Waals surface area contributed by atoms with Crippen LogP contribution in [0, 0.1) is 0 Å². The van der Waals surface area contributed by atoms with E-state index in [9.17, 15) is 9.59 Å². The molecule has 0 fully saturated rings. The van der Waals surface area contributed by atoms with Gasteiger partial charge in [-0.05, 0) is 53.9 Å². The normalized spacial score (nSPS) is 11.6. The van der Waals surface area contributed by atoms with Crippen molar-refractivity contribution in [2.45, 2.75) is 38.8 Å². The van der Waals surface area contributed by atoms with Crippen LogP contribution in [0.2, 0.25) is 15.1 Å². The average Bonchev–Trinajstić information content (AvgIpc) is 2.88. The van der Waals surface area contributed by atoms with Gasteiger partial charge in [-0.25, -0.2) is 0 Å². The Balaban J connectivity index is 1.89. The van der Waals surface area contributed by atoms with Gasteiger partial charge in [-0.2, -0.15) is 0 Å². The molecule has 0 aliphatic heterocycles. The first-order valence-corrected chi connectivity index (χ1v) is 12.9. The Morgan fingerprint density at radius 3 is 2.31 bits per heavy atom. The minimum absolute atomic E-state index is 0.165. The summed E-state index contributed by atoms with van der Waals surface area (Å²) < 4.78 is 5.73. The molecule has 3 aromatic rings. The molecule has 2 amide bonds. The van der Waals surface area contributed by atoms with Gasteiger partial charge in [0, 0.05) is 24.5 Å². The van der Waals surface area contributed by atoms with Gasteiger partial charge in [-0.15, -0.1) is 0 Å². The zero-order valence-electron chi connectivity index (χ0n) is 20.1. The summed E-state index contributed by atoms with van der Waals surface area (Å²) in [6, 6.07) is 20.8. The molecule has 0 heterocycles. The number of hydrogen-bond acceptors (Lipinski definition) is 3. The van der Waals surface area contributed by atoms with Gasteiger partial charge in [0.1, 0.15) is 11.8 Å². The van der Waals surface area contributed by atoms with Crippen molar-refractivity contribution in [2.24, 2.45) is 0 Å². The molecule has 8 heteroatoms. The van der Waals surface area contributed by atoms with Crippen LogP contribution in [0.5, 0.6) is 5.75 Å². The largest absolute Gasteiger partial charge is 0.484 e. The number of benzene rings is 3. The van der Waals surface area contributed by atoms with Crippen LogP contribution in [0.25, 0.3) is 0 Å². The topological polar surface area (TPSA) is 58.6 Å². The first-order valence-electron chi connectivity index (χ1n) is 11.8. The van der Waals surface area contributed by atoms with Gasteiger partial charge in [0.25, 0.3) is 5.91 Å². The van der Waals surface area contributed by atoms with Crippen LogP contribution < -0.4 is 10.1 Å². The molecule has 0 saturated carbocycles. The lowest BCUT2D eigenvalue weighted by Gasteiger charge is -2.31. The molecule has 0 aliphatic carbocycles. The Morgan fingerprint density at radius 1 is 0.917 bits per heavy atom. The number of carbonyl (C=O) groups is 2. The third kappa shape index (κ3) is 8.44. The molecule has 0 saturated heterocycles. The number of rotatable bonds is 12. The molecule has 0 spiro atoms. The zero-order valence-corrected chi connectivity index (χ0v) is 22.3. The first kappa shape index (κ1) is 27.9. The van der Waals surface area contributed by atoms with Gasteiger partial charge in [0.05, 0.1) is 10.0 Å². The highest BCUT2D eigenvalue weighted by molar-refractivity contribution is 6.42. The summed E-state index contributed by atoms with van der Waals surface area (Å²) in [5, 5.41) is 4.36. The van der Waals surface area contributed by atoms with Crippen molar-refractivity contribution in [1.82, 2.24) is 10.2 Å². The summed E-state index contributed by atoms with van der Waals surface area (Å²) in [7, 11) is 0. The third-order valence-corrected chi connectivity index (χ3v) is 6.60. The van der Waals surface area contributed by atoms with Crippen LogP contribution in [0.15, 0.2) is 72.8 Å². The zero-order chi connectivity index (χ0) is 25.9. The molecule has 190 valence electrons. The maximum atomic E-state index is 13.5. The Kier molecular flexibility index (Phi) is 10.9. The van der Waals surface area contributed by atoms with Crippen molar-refractivity contribution in [1.29, 1.82) is 0 Å². The van der Waals surface area contributed by atoms with Crippen molar-refractivity contribution < 1.29 is 14.3 Å². The van der Waals surface area contributed by atoms with E-state index in [1.54, 1.807) is 47.4 Å². The van der Waals surface area contributed by atoms with E-state index < -0.39 is 6.04 Å². The second-order valence-corrected chi connectivity index (χ2v) is 9.61. The lowest BCUT2D eigenvalue weighted by molar-refractivity contribution is -0.142. The van der Waals surface area contributed by atoms with E-state index in [4.69, 9.17) is 39.5 Å². The van der Waals surface area contributed by atoms with Crippen molar-refractivity contribution in [2.75, 3.05) is 13.2 Å². The van der Waals surface area contributed by atoms with E-state index in [-0.39, 0.29) is 25.0 Å². The SMILES string of the molecule is CCCCNC(=O)C(Cc1ccccc1)N(Cc1ccc(Cl)c(Cl)c1)C(=O)COc1ccc(Cl)cc1. The fourth-order valence-electron chi connectivity index (χ4n) is 3.65. The van der Waals surface area contributed by atoms with Gasteiger partial charge in [0.15, 0.2) is 6.61 Å². The average molecular weight is 548 g/mol. The van der Waals surface area contributed by atoms with Crippen LogP contribution in [0.1, 0.15) is 30.9 Å². The van der Waals surface area contributed by atoms with E-state index in [0.717, 1.165) is 24.0 Å². The molecule has 0 aliphatic rings. The maximum Gasteiger partial charge on any atom is 0.261 e. The Labute approximate surface area is 227 Å². The summed E-state index contributed by atoms with van der Waals surface area (Å²) in [5.41, 5.74) is 1.70. The van der Waals surface area contributed by atoms with Crippen LogP contribution in [0.4, 0.5) is 0 Å². The molecule has 0 radical (unpaired) electrons. The summed E-state index contributed by atoms with van der Waals surface area (Å²) >= 11 is 18.3. The van der Waals surface area contributed by atoms with E-state index in [0.29, 0.717) is 33.8 Å². The van der Waals surface area contributed by atoms with E-state index >= 15 is 0 Å². The second-order valence-electron chi connectivity index (χ2n) is 8.36. The molecule has 0 aromatic heterocycles. The van der Waals surface area contributed by atoms with Crippen molar-refractivity contribution in [3.05, 3.63) is 99.0 Å². The molecule has 1 N–H and O–H groups in total. The minimum Gasteiger partial charge on any atom is -0.484 e. The molecular weight excluding hydrogens is 519 g/mol. The number of nitrogens with zero attached hydrogens (tertiary/aromatic N) is 1. The molecule has 5 nitrogen and oxygen atoms in total. The van der Waals surface area contributed by atoms with E-state index in [2.05, 4.69) is 12.2 Å². The predicted octanol–water partition coefficient (Wildman–Crippen LogP) is 6.58. The third-order valence-electron chi connectivity index (χ3n) is 5.61. The monoisotopic (exact) mass is 546 g/mol. The molecule has 36 heavy (non-hydrogen) atoms. The molecule has 1 unspecified atom stereocenters. The standard InChI is InChI=1S/C28H29Cl3N2O3/c1-2-3-15-32-28(35)26(17-20-7-5-4-6-8-20)33(18-21-9-14-24(30)25(31)16-21)27(34)19-36-23-12-10-22(29)11-13-23/h4-14,16,26H,2-3,15,17-19H2,1H3,(H,32,35).